The van der Waals surface area contributed by atoms with E-state index in [4.69, 9.17) is 0 Å². The van der Waals surface area contributed by atoms with Crippen LogP contribution in [-0.2, 0) is 65.4 Å². The van der Waals surface area contributed by atoms with Crippen molar-refractivity contribution in [3.05, 3.63) is 0 Å². The SMILES string of the molecule is CC(C[Si](C)C)C[Si](C)C.[Y].[Y]. The molecule has 0 rings (SSSR count). The Morgan fingerprint density at radius 2 is 1.08 bits per heavy atom. The second kappa shape index (κ2) is 11.7. The monoisotopic (exact) mass is 350 g/mol. The molecule has 0 aromatic rings. The van der Waals surface area contributed by atoms with E-state index in [2.05, 4.69) is 33.1 Å². The first-order valence-electron chi connectivity index (χ1n) is 4.10. The second-order valence-corrected chi connectivity index (χ2v) is 9.57. The zero-order valence-electron chi connectivity index (χ0n) is 9.15. The molecular weight excluding hydrogens is 330 g/mol. The van der Waals surface area contributed by atoms with Crippen molar-refractivity contribution >= 4 is 17.6 Å². The molecule has 0 aliphatic rings. The molecule has 0 fully saturated rings. The summed E-state index contributed by atoms with van der Waals surface area (Å²) in [6.07, 6.45) is 0. The van der Waals surface area contributed by atoms with Crippen LogP contribution in [0.25, 0.3) is 0 Å². The van der Waals surface area contributed by atoms with E-state index < -0.39 is 0 Å². The zero-order chi connectivity index (χ0) is 8.15. The first-order chi connectivity index (χ1) is 4.52. The number of hydrogen-bond acceptors (Lipinski definition) is 0. The fourth-order valence-electron chi connectivity index (χ4n) is 1.47. The molecule has 0 atom stereocenters. The van der Waals surface area contributed by atoms with Gasteiger partial charge in [0.2, 0.25) is 0 Å². The minimum Gasteiger partial charge on any atom is -0.0713 e. The van der Waals surface area contributed by atoms with Gasteiger partial charge in [0.1, 0.15) is 0 Å². The molecule has 0 N–H and O–H groups in total. The summed E-state index contributed by atoms with van der Waals surface area (Å²) in [5.74, 6) is 1.01. The average molecular weight is 350 g/mol. The van der Waals surface area contributed by atoms with Crippen LogP contribution in [0.5, 0.6) is 0 Å². The molecule has 66 valence electrons. The molecule has 4 radical (unpaired) electrons. The van der Waals surface area contributed by atoms with Gasteiger partial charge in [0.25, 0.3) is 0 Å². The van der Waals surface area contributed by atoms with Crippen LogP contribution in [0.3, 0.4) is 0 Å². The van der Waals surface area contributed by atoms with E-state index in [0.717, 1.165) is 5.92 Å². The van der Waals surface area contributed by atoms with Crippen molar-refractivity contribution in [2.24, 2.45) is 5.92 Å². The Morgan fingerprint density at radius 1 is 0.833 bits per heavy atom. The van der Waals surface area contributed by atoms with Crippen molar-refractivity contribution in [3.8, 4) is 0 Å². The molecule has 12 heavy (non-hydrogen) atoms. The van der Waals surface area contributed by atoms with Crippen LogP contribution in [-0.4, -0.2) is 17.6 Å². The van der Waals surface area contributed by atoms with Gasteiger partial charge in [-0.1, -0.05) is 45.2 Å². The summed E-state index contributed by atoms with van der Waals surface area (Å²) in [6, 6.07) is 3.03. The van der Waals surface area contributed by atoms with Crippen molar-refractivity contribution in [2.75, 3.05) is 0 Å². The molecule has 0 saturated heterocycles. The third-order valence-corrected chi connectivity index (χ3v) is 4.54. The Morgan fingerprint density at radius 3 is 1.25 bits per heavy atom. The minimum atomic E-state index is 0. The van der Waals surface area contributed by atoms with E-state index in [1.807, 2.05) is 0 Å². The third-order valence-electron chi connectivity index (χ3n) is 1.51. The predicted octanol–water partition coefficient (Wildman–Crippen LogP) is 3.13. The summed E-state index contributed by atoms with van der Waals surface area (Å²) in [7, 11) is 0.0748. The van der Waals surface area contributed by atoms with Crippen molar-refractivity contribution in [2.45, 2.75) is 45.2 Å². The Hall–Kier alpha value is 2.64. The molecule has 0 saturated carbocycles. The van der Waals surface area contributed by atoms with Crippen molar-refractivity contribution in [1.29, 1.82) is 0 Å². The normalized spacial score (nSPS) is 10.0. The fourth-order valence-corrected chi connectivity index (χ4v) is 4.83. The Labute approximate surface area is 132 Å². The standard InChI is InChI=1S/C8H20Si2.2Y/c1-8(6-9(2)3)7-10(4)5;;/h8H,6-7H2,1-5H3;;. The van der Waals surface area contributed by atoms with Crippen LogP contribution in [0.2, 0.25) is 38.3 Å². The predicted molar refractivity (Wildman–Crippen MR) is 53.7 cm³/mol. The summed E-state index contributed by atoms with van der Waals surface area (Å²) in [5.41, 5.74) is 0. The summed E-state index contributed by atoms with van der Waals surface area (Å²) in [6.45, 7) is 12.1. The van der Waals surface area contributed by atoms with Gasteiger partial charge in [0, 0.05) is 83.0 Å². The average Bonchev–Trinajstić information content (AvgIpc) is 1.58. The first kappa shape index (κ1) is 20.1. The van der Waals surface area contributed by atoms with Crippen molar-refractivity contribution in [1.82, 2.24) is 0 Å². The van der Waals surface area contributed by atoms with E-state index in [1.54, 1.807) is 0 Å². The van der Waals surface area contributed by atoms with E-state index >= 15 is 0 Å². The molecule has 4 heteroatoms. The van der Waals surface area contributed by atoms with Gasteiger partial charge in [-0.05, 0) is 5.92 Å². The molecule has 0 spiro atoms. The Kier molecular flexibility index (Phi) is 19.6. The summed E-state index contributed by atoms with van der Waals surface area (Å²) in [5, 5.41) is 0. The molecule has 0 aliphatic heterocycles. The summed E-state index contributed by atoms with van der Waals surface area (Å²) >= 11 is 0. The van der Waals surface area contributed by atoms with Gasteiger partial charge in [-0.25, -0.2) is 0 Å². The van der Waals surface area contributed by atoms with E-state index in [0.29, 0.717) is 0 Å². The van der Waals surface area contributed by atoms with Gasteiger partial charge in [-0.15, -0.1) is 0 Å². The van der Waals surface area contributed by atoms with Gasteiger partial charge in [0.15, 0.2) is 0 Å². The zero-order valence-corrected chi connectivity index (χ0v) is 16.8. The maximum atomic E-state index is 2.42. The first-order valence-corrected chi connectivity index (χ1v) is 9.52. The fraction of sp³-hybridized carbons (Fsp3) is 1.00. The molecule has 0 bridgehead atoms. The van der Waals surface area contributed by atoms with Crippen molar-refractivity contribution in [3.63, 3.8) is 0 Å². The number of hydrogen-bond donors (Lipinski definition) is 0. The molecule has 0 amide bonds. The maximum absolute atomic E-state index is 2.42. The smallest absolute Gasteiger partial charge is 0.0415 e. The molecule has 0 unspecified atom stereocenters. The molecule has 0 heterocycles. The van der Waals surface area contributed by atoms with Crippen LogP contribution in [0.15, 0.2) is 0 Å². The largest absolute Gasteiger partial charge is 0.0713 e. The molecular formula is C8H20Si2Y2. The maximum Gasteiger partial charge on any atom is 0.0415 e. The summed E-state index contributed by atoms with van der Waals surface area (Å²) in [4.78, 5) is 0. The Bertz CT molecular complexity index is 77.1. The van der Waals surface area contributed by atoms with E-state index in [-0.39, 0.29) is 83.0 Å². The topological polar surface area (TPSA) is 0 Å². The van der Waals surface area contributed by atoms with Crippen LogP contribution >= 0.6 is 0 Å². The van der Waals surface area contributed by atoms with Gasteiger partial charge in [0.05, 0.1) is 0 Å². The molecule has 0 aromatic heterocycles. The van der Waals surface area contributed by atoms with Gasteiger partial charge >= 0.3 is 0 Å². The minimum absolute atomic E-state index is 0. The second-order valence-electron chi connectivity index (χ2n) is 3.93. The number of rotatable bonds is 4. The molecule has 0 aliphatic carbocycles. The summed E-state index contributed by atoms with van der Waals surface area (Å²) < 4.78 is 0. The van der Waals surface area contributed by atoms with Crippen molar-refractivity contribution < 1.29 is 65.4 Å². The third kappa shape index (κ3) is 15.1. The van der Waals surface area contributed by atoms with Gasteiger partial charge in [-0.2, -0.15) is 0 Å². The van der Waals surface area contributed by atoms with Crippen LogP contribution in [0, 0.1) is 5.92 Å². The van der Waals surface area contributed by atoms with Crippen LogP contribution in [0.1, 0.15) is 6.92 Å². The molecule has 0 nitrogen and oxygen atoms in total. The van der Waals surface area contributed by atoms with E-state index in [9.17, 15) is 0 Å². The van der Waals surface area contributed by atoms with Crippen LogP contribution in [0.4, 0.5) is 0 Å². The van der Waals surface area contributed by atoms with Gasteiger partial charge < -0.3 is 0 Å². The van der Waals surface area contributed by atoms with Crippen LogP contribution < -0.4 is 0 Å². The molecule has 0 aromatic carbocycles. The van der Waals surface area contributed by atoms with Gasteiger partial charge in [-0.3, -0.25) is 0 Å². The van der Waals surface area contributed by atoms with E-state index in [1.165, 1.54) is 12.1 Å². The quantitative estimate of drug-likeness (QED) is 0.684. The Balaban J connectivity index is -0.000000405.